The zero-order valence-corrected chi connectivity index (χ0v) is 18.3. The van der Waals surface area contributed by atoms with E-state index in [0.717, 1.165) is 58.6 Å². The Balaban J connectivity index is 1.87. The van der Waals surface area contributed by atoms with Gasteiger partial charge in [0.15, 0.2) is 6.61 Å². The lowest BCUT2D eigenvalue weighted by Gasteiger charge is -2.21. The van der Waals surface area contributed by atoms with Gasteiger partial charge in [-0.25, -0.2) is 4.79 Å². The number of carboxylic acids is 1. The van der Waals surface area contributed by atoms with Gasteiger partial charge in [-0.15, -0.1) is 0 Å². The van der Waals surface area contributed by atoms with Crippen LogP contribution in [-0.4, -0.2) is 28.2 Å². The normalized spacial score (nSPS) is 13.2. The molecule has 5 rings (SSSR count). The number of carboxylic acid groups (broad SMARTS) is 1. The first-order valence-corrected chi connectivity index (χ1v) is 11.3. The van der Waals surface area contributed by atoms with Gasteiger partial charge in [-0.05, 0) is 60.1 Å². The molecule has 1 aromatic heterocycles. The van der Waals surface area contributed by atoms with Crippen molar-refractivity contribution in [1.29, 1.82) is 0 Å². The maximum absolute atomic E-state index is 11.9. The quantitative estimate of drug-likeness (QED) is 0.448. The third kappa shape index (κ3) is 3.93. The van der Waals surface area contributed by atoms with Gasteiger partial charge in [-0.1, -0.05) is 42.5 Å². The van der Waals surface area contributed by atoms with Crippen molar-refractivity contribution < 1.29 is 19.4 Å². The molecule has 1 heterocycles. The molecule has 33 heavy (non-hydrogen) atoms. The van der Waals surface area contributed by atoms with Gasteiger partial charge in [0.2, 0.25) is 5.91 Å². The number of primary amides is 1. The summed E-state index contributed by atoms with van der Waals surface area (Å²) in [6.07, 6.45) is 4.22. The molecule has 0 aliphatic heterocycles. The molecule has 1 amide bonds. The molecule has 1 aliphatic rings. The third-order valence-electron chi connectivity index (χ3n) is 6.42. The second-order valence-corrected chi connectivity index (χ2v) is 8.65. The van der Waals surface area contributed by atoms with Gasteiger partial charge >= 0.3 is 5.97 Å². The van der Waals surface area contributed by atoms with E-state index in [1.165, 1.54) is 11.1 Å². The van der Waals surface area contributed by atoms with E-state index < -0.39 is 18.5 Å². The van der Waals surface area contributed by atoms with Gasteiger partial charge in [0.1, 0.15) is 5.75 Å². The molecule has 1 aliphatic carbocycles. The minimum absolute atomic E-state index is 0.108. The topological polar surface area (TPSA) is 94.6 Å². The van der Waals surface area contributed by atoms with Crippen molar-refractivity contribution in [3.63, 3.8) is 0 Å². The first-order valence-electron chi connectivity index (χ1n) is 11.3. The van der Waals surface area contributed by atoms with E-state index in [1.807, 2.05) is 36.4 Å². The zero-order chi connectivity index (χ0) is 22.9. The van der Waals surface area contributed by atoms with Crippen LogP contribution in [0.5, 0.6) is 5.75 Å². The highest BCUT2D eigenvalue weighted by Gasteiger charge is 2.25. The van der Waals surface area contributed by atoms with Crippen LogP contribution in [0, 0.1) is 0 Å². The molecule has 0 unspecified atom stereocenters. The number of nitrogens with two attached hydrogens (primary N) is 1. The van der Waals surface area contributed by atoms with Crippen molar-refractivity contribution in [3.8, 4) is 5.75 Å². The molecule has 0 radical (unpaired) electrons. The number of benzene rings is 3. The monoisotopic (exact) mass is 442 g/mol. The van der Waals surface area contributed by atoms with Crippen LogP contribution in [0.25, 0.3) is 21.8 Å². The fourth-order valence-corrected chi connectivity index (χ4v) is 5.14. The number of ether oxygens (including phenoxy) is 1. The van der Waals surface area contributed by atoms with Crippen LogP contribution in [0.15, 0.2) is 54.6 Å². The number of aliphatic carboxylic acids is 1. The van der Waals surface area contributed by atoms with Crippen LogP contribution in [0.1, 0.15) is 35.1 Å². The lowest BCUT2D eigenvalue weighted by atomic mass is 9.89. The maximum atomic E-state index is 11.9. The number of hydrogen-bond acceptors (Lipinski definition) is 3. The molecular weight excluding hydrogens is 416 g/mol. The van der Waals surface area contributed by atoms with Gasteiger partial charge in [0.05, 0.1) is 17.3 Å². The lowest BCUT2D eigenvalue weighted by molar-refractivity contribution is -0.139. The number of hydrogen-bond donors (Lipinski definition) is 2. The highest BCUT2D eigenvalue weighted by molar-refractivity contribution is 6.15. The van der Waals surface area contributed by atoms with Gasteiger partial charge in [-0.2, -0.15) is 0 Å². The summed E-state index contributed by atoms with van der Waals surface area (Å²) >= 11 is 0. The van der Waals surface area contributed by atoms with Crippen LogP contribution in [0.3, 0.4) is 0 Å². The molecule has 0 spiro atoms. The number of amides is 1. The van der Waals surface area contributed by atoms with Gasteiger partial charge in [-0.3, -0.25) is 4.79 Å². The van der Waals surface area contributed by atoms with Crippen molar-refractivity contribution in [2.24, 2.45) is 5.73 Å². The lowest BCUT2D eigenvalue weighted by Crippen LogP contribution is -2.14. The highest BCUT2D eigenvalue weighted by Crippen LogP contribution is 2.43. The smallest absolute Gasteiger partial charge is 0.341 e. The number of aromatic nitrogens is 1. The summed E-state index contributed by atoms with van der Waals surface area (Å²) in [4.78, 5) is 23.2. The van der Waals surface area contributed by atoms with Crippen molar-refractivity contribution in [2.45, 2.75) is 38.6 Å². The molecule has 0 atom stereocenters. The third-order valence-corrected chi connectivity index (χ3v) is 6.42. The molecule has 168 valence electrons. The van der Waals surface area contributed by atoms with E-state index in [0.29, 0.717) is 12.3 Å². The molecule has 6 nitrogen and oxygen atoms in total. The minimum Gasteiger partial charge on any atom is -0.481 e. The largest absolute Gasteiger partial charge is 0.481 e. The van der Waals surface area contributed by atoms with E-state index in [4.69, 9.17) is 10.5 Å². The minimum atomic E-state index is -1.02. The number of carbonyl (C=O) groups excluding carboxylic acids is 1. The van der Waals surface area contributed by atoms with Crippen molar-refractivity contribution in [1.82, 2.24) is 4.57 Å². The Morgan fingerprint density at radius 1 is 1.00 bits per heavy atom. The molecule has 0 saturated carbocycles. The van der Waals surface area contributed by atoms with E-state index in [9.17, 15) is 14.7 Å². The Morgan fingerprint density at radius 2 is 1.79 bits per heavy atom. The molecule has 0 saturated heterocycles. The fourth-order valence-electron chi connectivity index (χ4n) is 5.14. The van der Waals surface area contributed by atoms with E-state index in [-0.39, 0.29) is 6.42 Å². The predicted molar refractivity (Wildman–Crippen MR) is 128 cm³/mol. The Kier molecular flexibility index (Phi) is 5.50. The number of rotatable bonds is 7. The van der Waals surface area contributed by atoms with Crippen LogP contribution >= 0.6 is 0 Å². The number of nitrogens with zero attached hydrogens (tertiary/aromatic N) is 1. The summed E-state index contributed by atoms with van der Waals surface area (Å²) in [6.45, 7) is 0.243. The molecule has 0 fully saturated rings. The van der Waals surface area contributed by atoms with Gasteiger partial charge in [0.25, 0.3) is 0 Å². The summed E-state index contributed by atoms with van der Waals surface area (Å²) in [5, 5.41) is 11.1. The van der Waals surface area contributed by atoms with Gasteiger partial charge in [0, 0.05) is 17.4 Å². The van der Waals surface area contributed by atoms with E-state index >= 15 is 0 Å². The standard InChI is InChI=1S/C27H26N2O4/c28-23(30)14-19-10-6-12-21-25(19)26-22(33-16-24(31)32)13-18-9-4-5-11-20(18)27(26)29(21)15-17-7-2-1-3-8-17/h1-3,6-8,10,12-13H,4-5,9,11,14-16H2,(H2,28,30)(H,31,32). The molecule has 3 aromatic carbocycles. The van der Waals surface area contributed by atoms with Crippen LogP contribution in [-0.2, 0) is 35.4 Å². The van der Waals surface area contributed by atoms with E-state index in [1.54, 1.807) is 0 Å². The maximum Gasteiger partial charge on any atom is 0.341 e. The van der Waals surface area contributed by atoms with Crippen LogP contribution in [0.4, 0.5) is 0 Å². The summed E-state index contributed by atoms with van der Waals surface area (Å²) in [7, 11) is 0. The summed E-state index contributed by atoms with van der Waals surface area (Å²) in [5.74, 6) is -0.870. The van der Waals surface area contributed by atoms with E-state index in [2.05, 4.69) is 22.8 Å². The van der Waals surface area contributed by atoms with Gasteiger partial charge < -0.3 is 20.1 Å². The second kappa shape index (κ2) is 8.62. The number of fused-ring (bicyclic) bond motifs is 5. The number of aryl methyl sites for hydroxylation is 2. The molecule has 0 bridgehead atoms. The Hall–Kier alpha value is -3.80. The Bertz CT molecular complexity index is 1370. The molecule has 6 heteroatoms. The summed E-state index contributed by atoms with van der Waals surface area (Å²) in [6, 6.07) is 18.2. The van der Waals surface area contributed by atoms with Crippen LogP contribution in [0.2, 0.25) is 0 Å². The Morgan fingerprint density at radius 3 is 2.55 bits per heavy atom. The average molecular weight is 443 g/mol. The Labute approximate surface area is 191 Å². The fraction of sp³-hybridized carbons (Fsp3) is 0.259. The average Bonchev–Trinajstić information content (AvgIpc) is 3.13. The van der Waals surface area contributed by atoms with Crippen molar-refractivity contribution in [3.05, 3.63) is 76.9 Å². The summed E-state index contributed by atoms with van der Waals surface area (Å²) in [5.41, 5.74) is 12.1. The zero-order valence-electron chi connectivity index (χ0n) is 18.3. The molecule has 3 N–H and O–H groups in total. The second-order valence-electron chi connectivity index (χ2n) is 8.65. The number of carbonyl (C=O) groups is 2. The van der Waals surface area contributed by atoms with Crippen molar-refractivity contribution in [2.75, 3.05) is 6.61 Å². The highest BCUT2D eigenvalue weighted by atomic mass is 16.5. The SMILES string of the molecule is NC(=O)Cc1cccc2c1c1c(OCC(=O)O)cc3c(c1n2Cc1ccccc1)CCCC3. The molecule has 4 aromatic rings. The summed E-state index contributed by atoms with van der Waals surface area (Å²) < 4.78 is 8.14. The first kappa shape index (κ1) is 21.1. The molecular formula is C27H26N2O4. The van der Waals surface area contributed by atoms with Crippen LogP contribution < -0.4 is 10.5 Å². The predicted octanol–water partition coefficient (Wildman–Crippen LogP) is 4.21. The first-order chi connectivity index (χ1) is 16.0. The van der Waals surface area contributed by atoms with Crippen molar-refractivity contribution >= 4 is 33.7 Å².